The third-order valence-corrected chi connectivity index (χ3v) is 3.49. The molecule has 0 aliphatic heterocycles. The molecule has 0 amide bonds. The van der Waals surface area contributed by atoms with Crippen molar-refractivity contribution in [1.82, 2.24) is 0 Å². The first-order valence-corrected chi connectivity index (χ1v) is 7.10. The van der Waals surface area contributed by atoms with Crippen LogP contribution >= 0.6 is 0 Å². The molecule has 0 radical (unpaired) electrons. The first kappa shape index (κ1) is 17.9. The van der Waals surface area contributed by atoms with Gasteiger partial charge in [0.25, 0.3) is 0 Å². The van der Waals surface area contributed by atoms with E-state index in [9.17, 15) is 8.42 Å². The number of rotatable bonds is 4. The minimum absolute atomic E-state index is 0.156. The molecular formula is C10H23LiO3S. The summed E-state index contributed by atoms with van der Waals surface area (Å²) in [7, 11) is -3.79. The molecule has 0 aliphatic carbocycles. The van der Waals surface area contributed by atoms with Gasteiger partial charge in [0, 0.05) is 0 Å². The fourth-order valence-corrected chi connectivity index (χ4v) is 1.79. The van der Waals surface area contributed by atoms with Crippen molar-refractivity contribution in [1.29, 1.82) is 0 Å². The summed E-state index contributed by atoms with van der Waals surface area (Å²) in [5.74, 6) is 0.728. The van der Waals surface area contributed by atoms with Crippen LogP contribution in [0.25, 0.3) is 0 Å². The summed E-state index contributed by atoms with van der Waals surface area (Å²) in [4.78, 5) is 0. The Kier molecular flexibility index (Phi) is 9.22. The fraction of sp³-hybridized carbons (Fsp3) is 1.00. The molecule has 0 aromatic heterocycles. The molecule has 0 bridgehead atoms. The van der Waals surface area contributed by atoms with Crippen molar-refractivity contribution < 1.29 is 13.0 Å². The van der Waals surface area contributed by atoms with Gasteiger partial charge in [-0.2, -0.15) is 0 Å². The Morgan fingerprint density at radius 2 is 1.67 bits per heavy atom. The zero-order valence-corrected chi connectivity index (χ0v) is 11.7. The van der Waals surface area contributed by atoms with Crippen molar-refractivity contribution in [3.63, 3.8) is 0 Å². The average molecular weight is 230 g/mol. The third-order valence-electron chi connectivity index (χ3n) is 2.35. The van der Waals surface area contributed by atoms with Crippen LogP contribution in [0.4, 0.5) is 0 Å². The molecule has 0 aliphatic rings. The van der Waals surface area contributed by atoms with Gasteiger partial charge in [0.2, 0.25) is 0 Å². The van der Waals surface area contributed by atoms with Gasteiger partial charge in [0.05, 0.1) is 0 Å². The molecule has 0 aromatic rings. The average Bonchev–Trinajstić information content (AvgIpc) is 2.01. The summed E-state index contributed by atoms with van der Waals surface area (Å²) in [6, 6.07) is 0. The van der Waals surface area contributed by atoms with Crippen molar-refractivity contribution in [2.24, 2.45) is 11.3 Å². The van der Waals surface area contributed by atoms with Crippen LogP contribution in [0.15, 0.2) is 0 Å². The zero-order valence-electron chi connectivity index (χ0n) is 10.9. The molecular weight excluding hydrogens is 207 g/mol. The van der Waals surface area contributed by atoms with Crippen molar-refractivity contribution in [2.45, 2.75) is 46.1 Å². The van der Waals surface area contributed by atoms with E-state index >= 15 is 0 Å². The van der Waals surface area contributed by atoms with E-state index in [1.165, 1.54) is 6.42 Å². The van der Waals surface area contributed by atoms with E-state index in [4.69, 9.17) is 4.55 Å². The molecule has 0 aromatic carbocycles. The Morgan fingerprint density at radius 3 is 1.73 bits per heavy atom. The maximum absolute atomic E-state index is 10.4. The Labute approximate surface area is 104 Å². The molecule has 0 heterocycles. The van der Waals surface area contributed by atoms with Gasteiger partial charge in [0.15, 0.2) is 0 Å². The van der Waals surface area contributed by atoms with Crippen LogP contribution in [-0.4, -0.2) is 36.4 Å². The molecule has 0 atom stereocenters. The molecule has 0 unspecified atom stereocenters. The molecule has 0 saturated carbocycles. The van der Waals surface area contributed by atoms with Gasteiger partial charge in [-0.15, -0.1) is 0 Å². The molecule has 88 valence electrons. The summed E-state index contributed by atoms with van der Waals surface area (Å²) in [5, 5.41) is 0.743. The van der Waals surface area contributed by atoms with Gasteiger partial charge in [0.1, 0.15) is 0 Å². The predicted octanol–water partition coefficient (Wildman–Crippen LogP) is 2.54. The van der Waals surface area contributed by atoms with E-state index in [1.54, 1.807) is 13.8 Å². The van der Waals surface area contributed by atoms with Gasteiger partial charge < -0.3 is 0 Å². The minimum atomic E-state index is -3.79. The first-order valence-electron chi connectivity index (χ1n) is 5.49. The predicted molar refractivity (Wildman–Crippen MR) is 65.9 cm³/mol. The van der Waals surface area contributed by atoms with E-state index in [2.05, 4.69) is 20.8 Å². The van der Waals surface area contributed by atoms with Gasteiger partial charge in [-0.1, -0.05) is 27.2 Å². The summed E-state index contributed by atoms with van der Waals surface area (Å²) in [6.45, 7) is 10.3. The van der Waals surface area contributed by atoms with Crippen molar-refractivity contribution >= 4 is 27.8 Å². The SMILES string of the molecule is CCC(C)C.[Li][CH2]C(C)(C)CS(=O)(=O)O. The van der Waals surface area contributed by atoms with E-state index < -0.39 is 10.1 Å². The second kappa shape index (κ2) is 7.73. The Hall–Kier alpha value is 0.507. The van der Waals surface area contributed by atoms with E-state index in [0.29, 0.717) is 0 Å². The molecule has 1 N–H and O–H groups in total. The normalized spacial score (nSPS) is 12.3. The molecule has 3 nitrogen and oxygen atoms in total. The molecule has 0 saturated heterocycles. The van der Waals surface area contributed by atoms with Crippen LogP contribution in [-0.2, 0) is 10.1 Å². The maximum atomic E-state index is 10.4. The van der Waals surface area contributed by atoms with Crippen LogP contribution in [0.1, 0.15) is 41.0 Å². The van der Waals surface area contributed by atoms with Crippen molar-refractivity contribution in [2.75, 3.05) is 5.75 Å². The molecule has 0 fully saturated rings. The fourth-order valence-electron chi connectivity index (χ4n) is 0.596. The summed E-state index contributed by atoms with van der Waals surface area (Å²) in [5.41, 5.74) is -0.312. The van der Waals surface area contributed by atoms with Gasteiger partial charge in [-0.3, -0.25) is 0 Å². The van der Waals surface area contributed by atoms with E-state index in [1.807, 2.05) is 17.7 Å². The number of hydrogen-bond donors (Lipinski definition) is 1. The Balaban J connectivity index is 0. The van der Waals surface area contributed by atoms with Gasteiger partial charge in [-0.05, 0) is 5.92 Å². The quantitative estimate of drug-likeness (QED) is 0.596. The van der Waals surface area contributed by atoms with Crippen LogP contribution in [0, 0.1) is 11.3 Å². The molecule has 0 rings (SSSR count). The molecule has 0 spiro atoms. The standard InChI is InChI=1S/C5H11O3S.C5H12.Li/c1-5(2,3)4-9(6,7)8;1-4-5(2)3;/h1,4H2,2-3H3,(H,6,7,8);5H,4H2,1-3H3;. The van der Waals surface area contributed by atoms with Crippen LogP contribution in [0.2, 0.25) is 5.09 Å². The van der Waals surface area contributed by atoms with Crippen LogP contribution in [0.3, 0.4) is 0 Å². The van der Waals surface area contributed by atoms with Crippen LogP contribution < -0.4 is 0 Å². The second-order valence-electron chi connectivity index (χ2n) is 5.05. The zero-order chi connectivity index (χ0) is 12.7. The Morgan fingerprint density at radius 1 is 1.33 bits per heavy atom. The van der Waals surface area contributed by atoms with Crippen molar-refractivity contribution in [3.8, 4) is 0 Å². The van der Waals surface area contributed by atoms with Crippen molar-refractivity contribution in [3.05, 3.63) is 0 Å². The van der Waals surface area contributed by atoms with Crippen LogP contribution in [0.5, 0.6) is 0 Å². The summed E-state index contributed by atoms with van der Waals surface area (Å²) < 4.78 is 29.2. The topological polar surface area (TPSA) is 54.4 Å². The molecule has 15 heavy (non-hydrogen) atoms. The summed E-state index contributed by atoms with van der Waals surface area (Å²) in [6.07, 6.45) is 1.31. The van der Waals surface area contributed by atoms with Gasteiger partial charge in [-0.25, -0.2) is 0 Å². The second-order valence-corrected chi connectivity index (χ2v) is 6.50. The molecule has 5 heteroatoms. The third kappa shape index (κ3) is 17.1. The monoisotopic (exact) mass is 230 g/mol. The van der Waals surface area contributed by atoms with E-state index in [0.717, 1.165) is 11.0 Å². The summed E-state index contributed by atoms with van der Waals surface area (Å²) >= 11 is 1.89. The van der Waals surface area contributed by atoms with E-state index in [-0.39, 0.29) is 11.2 Å². The first-order chi connectivity index (χ1) is 6.54. The Bertz CT molecular complexity index is 245. The van der Waals surface area contributed by atoms with Gasteiger partial charge >= 0.3 is 70.9 Å². The number of hydrogen-bond acceptors (Lipinski definition) is 2.